The molecule has 158 valence electrons. The highest BCUT2D eigenvalue weighted by atomic mass is 16.2. The Morgan fingerprint density at radius 3 is 2.40 bits per heavy atom. The molecule has 1 atom stereocenters. The van der Waals surface area contributed by atoms with Crippen LogP contribution in [-0.4, -0.2) is 69.9 Å². The summed E-state index contributed by atoms with van der Waals surface area (Å²) in [5.41, 5.74) is 10.2. The standard InChI is InChI=1S/C19H21N5O.C3H7NO/c20-17(19(25)23-9-1-2-10-23)11-14-3-5-15(6-4-14)16-7-8-18-21-13-22-24(18)12-16;1-4(2)3-5/h3-8,12-13,17H,1-2,9-11,20H2;3H,1-2H3/t17-;/m0./s1. The summed E-state index contributed by atoms with van der Waals surface area (Å²) in [6.45, 7) is 1.69. The lowest BCUT2D eigenvalue weighted by Crippen LogP contribution is -2.43. The first-order valence-electron chi connectivity index (χ1n) is 10.0. The summed E-state index contributed by atoms with van der Waals surface area (Å²) in [7, 11) is 3.38. The summed E-state index contributed by atoms with van der Waals surface area (Å²) in [5.74, 6) is 0.0678. The van der Waals surface area contributed by atoms with Crippen molar-refractivity contribution in [2.75, 3.05) is 27.2 Å². The van der Waals surface area contributed by atoms with Gasteiger partial charge in [-0.25, -0.2) is 9.50 Å². The molecule has 0 unspecified atom stereocenters. The molecule has 8 heteroatoms. The SMILES string of the molecule is CN(C)C=O.N[C@@H](Cc1ccc(-c2ccc3ncnn3c2)cc1)C(=O)N1CCCC1. The zero-order valence-electron chi connectivity index (χ0n) is 17.4. The molecule has 1 fully saturated rings. The van der Waals surface area contributed by atoms with Gasteiger partial charge in [0.05, 0.1) is 6.04 Å². The van der Waals surface area contributed by atoms with E-state index >= 15 is 0 Å². The number of carbonyl (C=O) groups is 2. The topological polar surface area (TPSA) is 96.8 Å². The molecule has 2 N–H and O–H groups in total. The third-order valence-corrected chi connectivity index (χ3v) is 4.96. The lowest BCUT2D eigenvalue weighted by molar-refractivity contribution is -0.131. The monoisotopic (exact) mass is 408 g/mol. The molecule has 1 aliphatic rings. The van der Waals surface area contributed by atoms with Crippen LogP contribution in [0.4, 0.5) is 0 Å². The first-order valence-corrected chi connectivity index (χ1v) is 10.0. The van der Waals surface area contributed by atoms with Crippen LogP contribution in [0.5, 0.6) is 0 Å². The molecule has 0 spiro atoms. The first-order chi connectivity index (χ1) is 14.5. The zero-order valence-corrected chi connectivity index (χ0v) is 17.4. The number of carbonyl (C=O) groups excluding carboxylic acids is 2. The van der Waals surface area contributed by atoms with E-state index in [2.05, 4.69) is 22.2 Å². The van der Waals surface area contributed by atoms with Gasteiger partial charge in [0.2, 0.25) is 12.3 Å². The van der Waals surface area contributed by atoms with Gasteiger partial charge in [0.15, 0.2) is 5.65 Å². The summed E-state index contributed by atoms with van der Waals surface area (Å²) in [6.07, 6.45) is 6.99. The lowest BCUT2D eigenvalue weighted by atomic mass is 10.0. The fourth-order valence-electron chi connectivity index (χ4n) is 3.33. The van der Waals surface area contributed by atoms with E-state index in [4.69, 9.17) is 5.73 Å². The second kappa shape index (κ2) is 9.98. The van der Waals surface area contributed by atoms with Crippen molar-refractivity contribution in [3.8, 4) is 11.1 Å². The molecule has 8 nitrogen and oxygen atoms in total. The highest BCUT2D eigenvalue weighted by Crippen LogP contribution is 2.21. The molecule has 0 saturated carbocycles. The average molecular weight is 409 g/mol. The minimum Gasteiger partial charge on any atom is -0.351 e. The molecular formula is C22H28N6O2. The zero-order chi connectivity index (χ0) is 21.5. The lowest BCUT2D eigenvalue weighted by Gasteiger charge is -2.20. The number of hydrogen-bond acceptors (Lipinski definition) is 5. The molecule has 1 saturated heterocycles. The molecule has 2 aromatic heterocycles. The van der Waals surface area contributed by atoms with Gasteiger partial charge < -0.3 is 15.5 Å². The molecule has 0 aliphatic carbocycles. The number of aromatic nitrogens is 3. The molecule has 1 aromatic carbocycles. The number of fused-ring (bicyclic) bond motifs is 1. The minimum absolute atomic E-state index is 0.0678. The predicted octanol–water partition coefficient (Wildman–Crippen LogP) is 1.59. The number of nitrogens with two attached hydrogens (primary N) is 1. The van der Waals surface area contributed by atoms with Crippen molar-refractivity contribution >= 4 is 18.0 Å². The van der Waals surface area contributed by atoms with E-state index in [1.54, 1.807) is 24.9 Å². The van der Waals surface area contributed by atoms with E-state index in [1.807, 2.05) is 35.4 Å². The summed E-state index contributed by atoms with van der Waals surface area (Å²) in [4.78, 5) is 29.2. The molecule has 4 rings (SSSR count). The summed E-state index contributed by atoms with van der Waals surface area (Å²) >= 11 is 0. The Hall–Kier alpha value is -3.26. The Labute approximate surface area is 176 Å². The van der Waals surface area contributed by atoms with Crippen LogP contribution in [0.15, 0.2) is 48.9 Å². The summed E-state index contributed by atoms with van der Waals surface area (Å²) in [5, 5.41) is 4.17. The molecule has 0 bridgehead atoms. The third kappa shape index (κ3) is 5.42. The van der Waals surface area contributed by atoms with Crippen molar-refractivity contribution in [3.05, 3.63) is 54.5 Å². The second-order valence-electron chi connectivity index (χ2n) is 7.59. The van der Waals surface area contributed by atoms with Gasteiger partial charge in [-0.15, -0.1) is 0 Å². The minimum atomic E-state index is -0.463. The summed E-state index contributed by atoms with van der Waals surface area (Å²) in [6, 6.07) is 11.7. The van der Waals surface area contributed by atoms with Crippen LogP contribution in [0, 0.1) is 0 Å². The largest absolute Gasteiger partial charge is 0.351 e. The number of benzene rings is 1. The van der Waals surface area contributed by atoms with Crippen molar-refractivity contribution in [2.24, 2.45) is 5.73 Å². The van der Waals surface area contributed by atoms with E-state index in [-0.39, 0.29) is 5.91 Å². The van der Waals surface area contributed by atoms with E-state index in [9.17, 15) is 9.59 Å². The Kier molecular flexibility index (Phi) is 7.13. The molecule has 30 heavy (non-hydrogen) atoms. The van der Waals surface area contributed by atoms with Gasteiger partial charge in [-0.2, -0.15) is 5.10 Å². The van der Waals surface area contributed by atoms with Crippen molar-refractivity contribution in [2.45, 2.75) is 25.3 Å². The maximum absolute atomic E-state index is 12.3. The summed E-state index contributed by atoms with van der Waals surface area (Å²) < 4.78 is 1.76. The fraction of sp³-hybridized carbons (Fsp3) is 0.364. The maximum atomic E-state index is 12.3. The van der Waals surface area contributed by atoms with E-state index in [1.165, 1.54) is 4.90 Å². The van der Waals surface area contributed by atoms with Crippen molar-refractivity contribution in [1.82, 2.24) is 24.4 Å². The van der Waals surface area contributed by atoms with Gasteiger partial charge in [0.1, 0.15) is 6.33 Å². The van der Waals surface area contributed by atoms with Crippen LogP contribution in [0.1, 0.15) is 18.4 Å². The number of likely N-dealkylation sites (tertiary alicyclic amines) is 1. The normalized spacial score (nSPS) is 14.2. The van der Waals surface area contributed by atoms with Gasteiger partial charge in [-0.3, -0.25) is 9.59 Å². The van der Waals surface area contributed by atoms with Gasteiger partial charge >= 0.3 is 0 Å². The van der Waals surface area contributed by atoms with Crippen LogP contribution in [0.2, 0.25) is 0 Å². The van der Waals surface area contributed by atoms with E-state index in [0.717, 1.165) is 54.7 Å². The number of nitrogens with zero attached hydrogens (tertiary/aromatic N) is 5. The first kappa shape index (κ1) is 21.4. The third-order valence-electron chi connectivity index (χ3n) is 4.96. The fourth-order valence-corrected chi connectivity index (χ4v) is 3.33. The van der Waals surface area contributed by atoms with Crippen LogP contribution in [0.25, 0.3) is 16.8 Å². The van der Waals surface area contributed by atoms with Crippen LogP contribution >= 0.6 is 0 Å². The molecular weight excluding hydrogens is 380 g/mol. The highest BCUT2D eigenvalue weighted by molar-refractivity contribution is 5.82. The van der Waals surface area contributed by atoms with Gasteiger partial charge in [-0.1, -0.05) is 24.3 Å². The van der Waals surface area contributed by atoms with Crippen LogP contribution < -0.4 is 5.73 Å². The number of pyridine rings is 1. The average Bonchev–Trinajstić information content (AvgIpc) is 3.45. The Morgan fingerprint density at radius 1 is 1.13 bits per heavy atom. The number of hydrogen-bond donors (Lipinski definition) is 1. The molecule has 3 aromatic rings. The quantitative estimate of drug-likeness (QED) is 0.647. The number of rotatable bonds is 5. The molecule has 2 amide bonds. The van der Waals surface area contributed by atoms with E-state index < -0.39 is 6.04 Å². The maximum Gasteiger partial charge on any atom is 0.239 e. The van der Waals surface area contributed by atoms with Crippen LogP contribution in [0.3, 0.4) is 0 Å². The second-order valence-corrected chi connectivity index (χ2v) is 7.59. The number of amides is 2. The smallest absolute Gasteiger partial charge is 0.239 e. The van der Waals surface area contributed by atoms with Crippen LogP contribution in [-0.2, 0) is 16.0 Å². The van der Waals surface area contributed by atoms with Crippen molar-refractivity contribution in [3.63, 3.8) is 0 Å². The van der Waals surface area contributed by atoms with Gasteiger partial charge in [-0.05, 0) is 42.5 Å². The van der Waals surface area contributed by atoms with Gasteiger partial charge in [0, 0.05) is 38.9 Å². The van der Waals surface area contributed by atoms with Crippen molar-refractivity contribution < 1.29 is 9.59 Å². The molecule has 0 radical (unpaired) electrons. The van der Waals surface area contributed by atoms with Crippen molar-refractivity contribution in [1.29, 1.82) is 0 Å². The predicted molar refractivity (Wildman–Crippen MR) is 116 cm³/mol. The van der Waals surface area contributed by atoms with E-state index in [0.29, 0.717) is 6.42 Å². The molecule has 1 aliphatic heterocycles. The Balaban J connectivity index is 0.000000461. The molecule has 3 heterocycles. The Morgan fingerprint density at radius 2 is 1.77 bits per heavy atom. The van der Waals surface area contributed by atoms with Gasteiger partial charge in [0.25, 0.3) is 0 Å². The Bertz CT molecular complexity index is 977. The highest BCUT2D eigenvalue weighted by Gasteiger charge is 2.23.